The standard InChI is InChI=1S/C16H14N2O2/c1-12-11-14(8-7-13(12)5-4-10-19)18-16(20)15-6-2-3-9-17-15/h2-3,6-9,11,19H,10H2,1H3,(H,18,20). The fraction of sp³-hybridized carbons (Fsp3) is 0.125. The molecule has 0 unspecified atom stereocenters. The molecule has 2 aromatic rings. The first-order chi connectivity index (χ1) is 9.70. The van der Waals surface area contributed by atoms with Gasteiger partial charge in [-0.1, -0.05) is 17.9 Å². The van der Waals surface area contributed by atoms with Crippen molar-refractivity contribution in [3.63, 3.8) is 0 Å². The van der Waals surface area contributed by atoms with Crippen LogP contribution in [-0.4, -0.2) is 22.6 Å². The Morgan fingerprint density at radius 1 is 1.35 bits per heavy atom. The number of pyridine rings is 1. The molecule has 2 rings (SSSR count). The van der Waals surface area contributed by atoms with Crippen LogP contribution in [-0.2, 0) is 0 Å². The molecule has 0 spiro atoms. The minimum atomic E-state index is -0.251. The molecule has 0 bridgehead atoms. The first kappa shape index (κ1) is 13.8. The molecule has 0 radical (unpaired) electrons. The zero-order valence-corrected chi connectivity index (χ0v) is 11.1. The maximum Gasteiger partial charge on any atom is 0.274 e. The van der Waals surface area contributed by atoms with E-state index in [1.807, 2.05) is 19.1 Å². The van der Waals surface area contributed by atoms with Crippen LogP contribution in [0.1, 0.15) is 21.6 Å². The van der Waals surface area contributed by atoms with Crippen LogP contribution in [0.4, 0.5) is 5.69 Å². The summed E-state index contributed by atoms with van der Waals surface area (Å²) >= 11 is 0. The van der Waals surface area contributed by atoms with E-state index in [1.165, 1.54) is 0 Å². The van der Waals surface area contributed by atoms with Crippen molar-refractivity contribution < 1.29 is 9.90 Å². The highest BCUT2D eigenvalue weighted by atomic mass is 16.2. The molecule has 1 heterocycles. The van der Waals surface area contributed by atoms with Crippen LogP contribution in [0.25, 0.3) is 0 Å². The highest BCUT2D eigenvalue weighted by Gasteiger charge is 2.07. The first-order valence-electron chi connectivity index (χ1n) is 6.13. The van der Waals surface area contributed by atoms with Crippen molar-refractivity contribution >= 4 is 11.6 Å². The highest BCUT2D eigenvalue weighted by molar-refractivity contribution is 6.02. The summed E-state index contributed by atoms with van der Waals surface area (Å²) in [6.07, 6.45) is 1.58. The molecule has 1 aromatic carbocycles. The number of nitrogens with one attached hydrogen (secondary N) is 1. The second-order valence-corrected chi connectivity index (χ2v) is 4.16. The van der Waals surface area contributed by atoms with Gasteiger partial charge in [0.15, 0.2) is 0 Å². The number of rotatable bonds is 2. The highest BCUT2D eigenvalue weighted by Crippen LogP contribution is 2.15. The maximum absolute atomic E-state index is 11.9. The van der Waals surface area contributed by atoms with E-state index >= 15 is 0 Å². The molecule has 0 aliphatic carbocycles. The number of benzene rings is 1. The van der Waals surface area contributed by atoms with Gasteiger partial charge in [-0.15, -0.1) is 0 Å². The van der Waals surface area contributed by atoms with Gasteiger partial charge in [0.25, 0.3) is 5.91 Å². The molecule has 0 aliphatic heterocycles. The Balaban J connectivity index is 2.15. The number of aliphatic hydroxyl groups is 1. The first-order valence-corrected chi connectivity index (χ1v) is 6.13. The van der Waals surface area contributed by atoms with Gasteiger partial charge in [-0.3, -0.25) is 9.78 Å². The number of nitrogens with zero attached hydrogens (tertiary/aromatic N) is 1. The number of aryl methyl sites for hydroxylation is 1. The summed E-state index contributed by atoms with van der Waals surface area (Å²) in [4.78, 5) is 15.9. The number of anilines is 1. The number of hydrogen-bond donors (Lipinski definition) is 2. The molecule has 1 amide bonds. The molecule has 0 aliphatic rings. The maximum atomic E-state index is 11.9. The van der Waals surface area contributed by atoms with Gasteiger partial charge in [-0.25, -0.2) is 0 Å². The normalized spacial score (nSPS) is 9.50. The Bertz CT molecular complexity index is 670. The lowest BCUT2D eigenvalue weighted by Gasteiger charge is -2.06. The van der Waals surface area contributed by atoms with Gasteiger partial charge in [0.2, 0.25) is 0 Å². The van der Waals surface area contributed by atoms with Crippen molar-refractivity contribution in [2.75, 3.05) is 11.9 Å². The van der Waals surface area contributed by atoms with Gasteiger partial charge in [0.1, 0.15) is 12.3 Å². The molecule has 0 atom stereocenters. The molecule has 0 fully saturated rings. The van der Waals surface area contributed by atoms with Crippen LogP contribution in [0.15, 0.2) is 42.6 Å². The fourth-order valence-corrected chi connectivity index (χ4v) is 1.71. The van der Waals surface area contributed by atoms with E-state index in [-0.39, 0.29) is 12.5 Å². The Morgan fingerprint density at radius 3 is 2.85 bits per heavy atom. The zero-order valence-electron chi connectivity index (χ0n) is 11.1. The third-order valence-corrected chi connectivity index (χ3v) is 2.68. The van der Waals surface area contributed by atoms with Crippen LogP contribution in [0, 0.1) is 18.8 Å². The number of carbonyl (C=O) groups excluding carboxylic acids is 1. The fourth-order valence-electron chi connectivity index (χ4n) is 1.71. The summed E-state index contributed by atoms with van der Waals surface area (Å²) in [6, 6.07) is 10.6. The lowest BCUT2D eigenvalue weighted by Crippen LogP contribution is -2.13. The molecule has 2 N–H and O–H groups in total. The van der Waals surface area contributed by atoms with E-state index in [0.717, 1.165) is 11.1 Å². The van der Waals surface area contributed by atoms with Crippen molar-refractivity contribution in [1.82, 2.24) is 4.98 Å². The summed E-state index contributed by atoms with van der Waals surface area (Å²) in [6.45, 7) is 1.73. The summed E-state index contributed by atoms with van der Waals surface area (Å²) < 4.78 is 0. The third kappa shape index (κ3) is 3.44. The topological polar surface area (TPSA) is 62.2 Å². The SMILES string of the molecule is Cc1cc(NC(=O)c2ccccn2)ccc1C#CCO. The van der Waals surface area contributed by atoms with Gasteiger partial charge in [-0.2, -0.15) is 0 Å². The predicted octanol–water partition coefficient (Wildman–Crippen LogP) is 1.99. The average Bonchev–Trinajstić information content (AvgIpc) is 2.47. The van der Waals surface area contributed by atoms with Crippen molar-refractivity contribution in [2.24, 2.45) is 0 Å². The molecule has 20 heavy (non-hydrogen) atoms. The predicted molar refractivity (Wildman–Crippen MR) is 77.3 cm³/mol. The molecule has 0 saturated heterocycles. The number of hydrogen-bond acceptors (Lipinski definition) is 3. The van der Waals surface area contributed by atoms with Gasteiger partial charge in [0, 0.05) is 17.4 Å². The Labute approximate surface area is 117 Å². The number of carbonyl (C=O) groups is 1. The smallest absolute Gasteiger partial charge is 0.274 e. The molecular formula is C16H14N2O2. The Hall–Kier alpha value is -2.64. The quantitative estimate of drug-likeness (QED) is 0.817. The van der Waals surface area contributed by atoms with Crippen molar-refractivity contribution in [2.45, 2.75) is 6.92 Å². The van der Waals surface area contributed by atoms with Crippen LogP contribution < -0.4 is 5.32 Å². The number of aliphatic hydroxyl groups excluding tert-OH is 1. The van der Waals surface area contributed by atoms with E-state index in [9.17, 15) is 4.79 Å². The van der Waals surface area contributed by atoms with Gasteiger partial charge in [0.05, 0.1) is 0 Å². The summed E-state index contributed by atoms with van der Waals surface area (Å²) in [5, 5.41) is 11.5. The summed E-state index contributed by atoms with van der Waals surface area (Å²) in [7, 11) is 0. The summed E-state index contributed by atoms with van der Waals surface area (Å²) in [5.41, 5.74) is 2.82. The van der Waals surface area contributed by atoms with Crippen molar-refractivity contribution in [3.05, 3.63) is 59.4 Å². The molecule has 1 aromatic heterocycles. The van der Waals surface area contributed by atoms with E-state index in [0.29, 0.717) is 11.4 Å². The second-order valence-electron chi connectivity index (χ2n) is 4.16. The van der Waals surface area contributed by atoms with E-state index < -0.39 is 0 Å². The minimum Gasteiger partial charge on any atom is -0.384 e. The van der Waals surface area contributed by atoms with Gasteiger partial charge < -0.3 is 10.4 Å². The molecule has 4 nitrogen and oxygen atoms in total. The molecule has 4 heteroatoms. The summed E-state index contributed by atoms with van der Waals surface area (Å²) in [5.74, 6) is 5.20. The van der Waals surface area contributed by atoms with Crippen LogP contribution in [0.3, 0.4) is 0 Å². The van der Waals surface area contributed by atoms with Crippen LogP contribution in [0.2, 0.25) is 0 Å². The second kappa shape index (κ2) is 6.50. The molecule has 0 saturated carbocycles. The average molecular weight is 266 g/mol. The number of aromatic nitrogens is 1. The number of amides is 1. The monoisotopic (exact) mass is 266 g/mol. The Kier molecular flexibility index (Phi) is 4.48. The zero-order chi connectivity index (χ0) is 14.4. The van der Waals surface area contributed by atoms with Crippen molar-refractivity contribution in [1.29, 1.82) is 0 Å². The van der Waals surface area contributed by atoms with Gasteiger partial charge >= 0.3 is 0 Å². The Morgan fingerprint density at radius 2 is 2.20 bits per heavy atom. The van der Waals surface area contributed by atoms with Gasteiger partial charge in [-0.05, 0) is 42.8 Å². The van der Waals surface area contributed by atoms with E-state index in [1.54, 1.807) is 30.5 Å². The van der Waals surface area contributed by atoms with Crippen LogP contribution in [0.5, 0.6) is 0 Å². The van der Waals surface area contributed by atoms with Crippen molar-refractivity contribution in [3.8, 4) is 11.8 Å². The molecular weight excluding hydrogens is 252 g/mol. The third-order valence-electron chi connectivity index (χ3n) is 2.68. The van der Waals surface area contributed by atoms with E-state index in [4.69, 9.17) is 5.11 Å². The van der Waals surface area contributed by atoms with Crippen LogP contribution >= 0.6 is 0 Å². The largest absolute Gasteiger partial charge is 0.384 e. The van der Waals surface area contributed by atoms with E-state index in [2.05, 4.69) is 22.1 Å². The minimum absolute atomic E-state index is 0.169. The lowest BCUT2D eigenvalue weighted by molar-refractivity contribution is 0.102. The molecule has 100 valence electrons. The lowest BCUT2D eigenvalue weighted by atomic mass is 10.1.